The zero-order valence-electron chi connectivity index (χ0n) is 15.5. The van der Waals surface area contributed by atoms with E-state index in [1.54, 1.807) is 0 Å². The van der Waals surface area contributed by atoms with Crippen molar-refractivity contribution in [2.45, 2.75) is 33.2 Å². The largest absolute Gasteiger partial charge is 0.340 e. The third-order valence-corrected chi connectivity index (χ3v) is 4.97. The molecular formula is C19H29N5O. The van der Waals surface area contributed by atoms with E-state index in [-0.39, 0.29) is 18.0 Å². The van der Waals surface area contributed by atoms with Crippen LogP contribution >= 0.6 is 0 Å². The number of imidazole rings is 1. The lowest BCUT2D eigenvalue weighted by molar-refractivity contribution is 0.190. The molecule has 0 radical (unpaired) electrons. The number of para-hydroxylation sites is 2. The summed E-state index contributed by atoms with van der Waals surface area (Å²) in [5.74, 6) is 1.08. The van der Waals surface area contributed by atoms with Crippen molar-refractivity contribution in [3.8, 4) is 0 Å². The number of H-pyrrole nitrogens is 1. The van der Waals surface area contributed by atoms with Gasteiger partial charge in [0, 0.05) is 19.6 Å². The van der Waals surface area contributed by atoms with Crippen molar-refractivity contribution < 1.29 is 4.79 Å². The number of carbonyl (C=O) groups excluding carboxylic acids is 1. The topological polar surface area (TPSA) is 64.3 Å². The molecule has 2 N–H and O–H groups in total. The quantitative estimate of drug-likeness (QED) is 0.897. The summed E-state index contributed by atoms with van der Waals surface area (Å²) in [6.45, 7) is 11.0. The second-order valence-corrected chi connectivity index (χ2v) is 7.09. The van der Waals surface area contributed by atoms with E-state index < -0.39 is 0 Å². The number of nitrogens with zero attached hydrogens (tertiary/aromatic N) is 3. The van der Waals surface area contributed by atoms with E-state index in [0.29, 0.717) is 0 Å². The molecule has 1 atom stereocenters. The minimum Gasteiger partial charge on any atom is -0.340 e. The van der Waals surface area contributed by atoms with Crippen LogP contribution in [-0.2, 0) is 0 Å². The van der Waals surface area contributed by atoms with Crippen LogP contribution in [0, 0.1) is 5.92 Å². The Morgan fingerprint density at radius 1 is 1.24 bits per heavy atom. The van der Waals surface area contributed by atoms with Gasteiger partial charge in [0.2, 0.25) is 0 Å². The molecule has 0 bridgehead atoms. The summed E-state index contributed by atoms with van der Waals surface area (Å²) in [6.07, 6.45) is 1.03. The number of aromatic nitrogens is 2. The predicted octanol–water partition coefficient (Wildman–Crippen LogP) is 3.00. The van der Waals surface area contributed by atoms with E-state index in [1.165, 1.54) is 0 Å². The van der Waals surface area contributed by atoms with E-state index in [0.717, 1.165) is 56.0 Å². The van der Waals surface area contributed by atoms with Gasteiger partial charge < -0.3 is 20.1 Å². The number of amides is 2. The number of rotatable bonds is 4. The standard InChI is InChI=1S/C19H29N5O/c1-4-23-10-7-11-24(13-12-23)19(25)22-17(14(2)3)18-20-15-8-5-6-9-16(15)21-18/h5-6,8-9,14,17H,4,7,10-13H2,1-3H3,(H,20,21)(H,22,25)/t17-/m1/s1. The number of hydrogen-bond acceptors (Lipinski definition) is 3. The summed E-state index contributed by atoms with van der Waals surface area (Å²) in [7, 11) is 0. The molecule has 6 heteroatoms. The van der Waals surface area contributed by atoms with Crippen molar-refractivity contribution >= 4 is 17.1 Å². The smallest absolute Gasteiger partial charge is 0.318 e. The van der Waals surface area contributed by atoms with Crippen LogP contribution in [0.25, 0.3) is 11.0 Å². The average molecular weight is 343 g/mol. The number of aromatic amines is 1. The van der Waals surface area contributed by atoms with Gasteiger partial charge in [0.05, 0.1) is 17.1 Å². The SMILES string of the molecule is CCN1CCCN(C(=O)N[C@@H](c2nc3ccccc3[nH]2)C(C)C)CC1. The highest BCUT2D eigenvalue weighted by molar-refractivity contribution is 5.76. The molecule has 0 aliphatic carbocycles. The summed E-state index contributed by atoms with van der Waals surface area (Å²) in [6, 6.07) is 7.86. The molecule has 136 valence electrons. The average Bonchev–Trinajstić information content (AvgIpc) is 2.88. The van der Waals surface area contributed by atoms with Crippen LogP contribution in [0.4, 0.5) is 4.79 Å². The van der Waals surface area contributed by atoms with Crippen LogP contribution < -0.4 is 5.32 Å². The minimum atomic E-state index is -0.120. The highest BCUT2D eigenvalue weighted by Crippen LogP contribution is 2.22. The lowest BCUT2D eigenvalue weighted by Crippen LogP contribution is -2.44. The fraction of sp³-hybridized carbons (Fsp3) is 0.579. The van der Waals surface area contributed by atoms with Gasteiger partial charge in [-0.05, 0) is 37.6 Å². The van der Waals surface area contributed by atoms with Gasteiger partial charge in [0.25, 0.3) is 0 Å². The highest BCUT2D eigenvalue weighted by Gasteiger charge is 2.25. The minimum absolute atomic E-state index is 0.0112. The number of hydrogen-bond donors (Lipinski definition) is 2. The van der Waals surface area contributed by atoms with Crippen LogP contribution in [0.15, 0.2) is 24.3 Å². The van der Waals surface area contributed by atoms with Crippen molar-refractivity contribution in [2.24, 2.45) is 5.92 Å². The third-order valence-electron chi connectivity index (χ3n) is 4.97. The molecule has 2 aromatic rings. The van der Waals surface area contributed by atoms with Gasteiger partial charge >= 0.3 is 6.03 Å². The second kappa shape index (κ2) is 7.87. The Kier molecular flexibility index (Phi) is 5.58. The molecule has 1 aromatic heterocycles. The van der Waals surface area contributed by atoms with Crippen LogP contribution in [0.3, 0.4) is 0 Å². The van der Waals surface area contributed by atoms with E-state index in [4.69, 9.17) is 0 Å². The second-order valence-electron chi connectivity index (χ2n) is 7.09. The number of nitrogens with one attached hydrogen (secondary N) is 2. The monoisotopic (exact) mass is 343 g/mol. The van der Waals surface area contributed by atoms with Crippen molar-refractivity contribution in [1.82, 2.24) is 25.1 Å². The number of urea groups is 1. The van der Waals surface area contributed by atoms with Crippen LogP contribution in [0.2, 0.25) is 0 Å². The number of benzene rings is 1. The zero-order chi connectivity index (χ0) is 17.8. The first-order chi connectivity index (χ1) is 12.1. The molecule has 2 amide bonds. The van der Waals surface area contributed by atoms with Gasteiger partial charge in [-0.2, -0.15) is 0 Å². The molecule has 6 nitrogen and oxygen atoms in total. The number of carbonyl (C=O) groups is 1. The van der Waals surface area contributed by atoms with Crippen molar-refractivity contribution in [1.29, 1.82) is 0 Å². The first-order valence-corrected chi connectivity index (χ1v) is 9.31. The molecule has 1 saturated heterocycles. The molecular weight excluding hydrogens is 314 g/mol. The van der Waals surface area contributed by atoms with Crippen LogP contribution in [0.5, 0.6) is 0 Å². The summed E-state index contributed by atoms with van der Waals surface area (Å²) in [5, 5.41) is 3.20. The molecule has 1 aliphatic rings. The van der Waals surface area contributed by atoms with E-state index >= 15 is 0 Å². The maximum Gasteiger partial charge on any atom is 0.318 e. The van der Waals surface area contributed by atoms with Gasteiger partial charge in [-0.3, -0.25) is 0 Å². The van der Waals surface area contributed by atoms with Gasteiger partial charge in [-0.25, -0.2) is 9.78 Å². The normalized spacial score (nSPS) is 17.7. The van der Waals surface area contributed by atoms with E-state index in [1.807, 2.05) is 29.2 Å². The van der Waals surface area contributed by atoms with Crippen LogP contribution in [-0.4, -0.2) is 58.5 Å². The Bertz CT molecular complexity index is 678. The Labute approximate surface area is 149 Å². The summed E-state index contributed by atoms with van der Waals surface area (Å²) in [5.41, 5.74) is 1.94. The van der Waals surface area contributed by atoms with Gasteiger partial charge in [-0.1, -0.05) is 32.9 Å². The fourth-order valence-corrected chi connectivity index (χ4v) is 3.39. The first kappa shape index (κ1) is 17.7. The lowest BCUT2D eigenvalue weighted by atomic mass is 10.0. The Hall–Kier alpha value is -2.08. The highest BCUT2D eigenvalue weighted by atomic mass is 16.2. The summed E-state index contributed by atoms with van der Waals surface area (Å²) in [4.78, 5) is 25.2. The van der Waals surface area contributed by atoms with Crippen molar-refractivity contribution in [3.63, 3.8) is 0 Å². The van der Waals surface area contributed by atoms with Gasteiger partial charge in [0.1, 0.15) is 5.82 Å². The molecule has 0 saturated carbocycles. The molecule has 1 aliphatic heterocycles. The van der Waals surface area contributed by atoms with Gasteiger partial charge in [0.15, 0.2) is 0 Å². The van der Waals surface area contributed by atoms with Crippen molar-refractivity contribution in [2.75, 3.05) is 32.7 Å². The maximum absolute atomic E-state index is 12.8. The van der Waals surface area contributed by atoms with E-state index in [9.17, 15) is 4.79 Å². The molecule has 25 heavy (non-hydrogen) atoms. The fourth-order valence-electron chi connectivity index (χ4n) is 3.39. The number of fused-ring (bicyclic) bond motifs is 1. The van der Waals surface area contributed by atoms with Crippen molar-refractivity contribution in [3.05, 3.63) is 30.1 Å². The Morgan fingerprint density at radius 2 is 2.04 bits per heavy atom. The Morgan fingerprint density at radius 3 is 2.76 bits per heavy atom. The zero-order valence-corrected chi connectivity index (χ0v) is 15.5. The molecule has 0 spiro atoms. The predicted molar refractivity (Wildman–Crippen MR) is 101 cm³/mol. The summed E-state index contributed by atoms with van der Waals surface area (Å²) >= 11 is 0. The van der Waals surface area contributed by atoms with Gasteiger partial charge in [-0.15, -0.1) is 0 Å². The molecule has 0 unspecified atom stereocenters. The van der Waals surface area contributed by atoms with E-state index in [2.05, 4.69) is 41.0 Å². The molecule has 1 fully saturated rings. The summed E-state index contributed by atoms with van der Waals surface area (Å²) < 4.78 is 0. The number of likely N-dealkylation sites (N-methyl/N-ethyl adjacent to an activating group) is 1. The molecule has 3 rings (SSSR count). The molecule has 2 heterocycles. The lowest BCUT2D eigenvalue weighted by Gasteiger charge is -2.26. The van der Waals surface area contributed by atoms with Crippen LogP contribution in [0.1, 0.15) is 39.1 Å². The first-order valence-electron chi connectivity index (χ1n) is 9.31. The molecule has 1 aromatic carbocycles. The maximum atomic E-state index is 12.8. The third kappa shape index (κ3) is 4.12. The Balaban J connectivity index is 1.72.